The summed E-state index contributed by atoms with van der Waals surface area (Å²) in [6.45, 7) is 2.05. The van der Waals surface area contributed by atoms with Gasteiger partial charge in [0.15, 0.2) is 5.13 Å². The van der Waals surface area contributed by atoms with E-state index in [2.05, 4.69) is 10.3 Å². The number of anilines is 1. The Kier molecular flexibility index (Phi) is 5.66. The number of carbonyl (C=O) groups excluding carboxylic acids is 2. The molecule has 1 aromatic heterocycles. The summed E-state index contributed by atoms with van der Waals surface area (Å²) < 4.78 is 0. The zero-order valence-electron chi connectivity index (χ0n) is 12.3. The summed E-state index contributed by atoms with van der Waals surface area (Å²) in [7, 11) is 0. The van der Waals surface area contributed by atoms with E-state index >= 15 is 0 Å². The molecule has 5 nitrogen and oxygen atoms in total. The van der Waals surface area contributed by atoms with Gasteiger partial charge in [-0.2, -0.15) is 0 Å². The van der Waals surface area contributed by atoms with Crippen LogP contribution in [0.5, 0.6) is 0 Å². The predicted octanol–water partition coefficient (Wildman–Crippen LogP) is 2.23. The molecule has 1 amide bonds. The van der Waals surface area contributed by atoms with Crippen molar-refractivity contribution >= 4 is 28.3 Å². The molecule has 0 saturated heterocycles. The van der Waals surface area contributed by atoms with E-state index in [9.17, 15) is 14.7 Å². The van der Waals surface area contributed by atoms with E-state index in [4.69, 9.17) is 0 Å². The lowest BCUT2D eigenvalue weighted by Gasteiger charge is -2.02. The molecular weight excluding hydrogens is 300 g/mol. The lowest BCUT2D eigenvalue weighted by molar-refractivity contribution is -0.305. The van der Waals surface area contributed by atoms with Crippen LogP contribution in [0.4, 0.5) is 5.13 Å². The van der Waals surface area contributed by atoms with E-state index in [0.717, 1.165) is 22.6 Å². The van der Waals surface area contributed by atoms with Gasteiger partial charge >= 0.3 is 0 Å². The van der Waals surface area contributed by atoms with Crippen molar-refractivity contribution < 1.29 is 14.7 Å². The van der Waals surface area contributed by atoms with E-state index < -0.39 is 5.97 Å². The van der Waals surface area contributed by atoms with Crippen molar-refractivity contribution in [1.82, 2.24) is 4.98 Å². The number of aromatic nitrogens is 1. The highest BCUT2D eigenvalue weighted by Crippen LogP contribution is 2.31. The maximum atomic E-state index is 11.8. The zero-order chi connectivity index (χ0) is 15.9. The summed E-state index contributed by atoms with van der Waals surface area (Å²) in [5.41, 5.74) is 1.91. The number of carboxylic acid groups (broad SMARTS) is 1. The van der Waals surface area contributed by atoms with Gasteiger partial charge in [0.25, 0.3) is 0 Å². The standard InChI is InChI=1S/C16H18N2O3S/c1-2-12-15(11-7-4-3-5-8-11)18-16(22-12)17-13(19)9-6-10-14(20)21/h3-5,7-8H,2,6,9-10H2,1H3,(H,20,21)(H,17,18,19)/p-1. The number of thiazole rings is 1. The molecule has 0 aliphatic carbocycles. The van der Waals surface area contributed by atoms with Gasteiger partial charge in [0.05, 0.1) is 5.69 Å². The molecule has 1 N–H and O–H groups in total. The Morgan fingerprint density at radius 2 is 1.95 bits per heavy atom. The monoisotopic (exact) mass is 317 g/mol. The molecular formula is C16H17N2O3S-. The maximum absolute atomic E-state index is 11.8. The van der Waals surface area contributed by atoms with Crippen molar-refractivity contribution in [1.29, 1.82) is 0 Å². The van der Waals surface area contributed by atoms with Crippen LogP contribution < -0.4 is 10.4 Å². The maximum Gasteiger partial charge on any atom is 0.226 e. The van der Waals surface area contributed by atoms with Crippen LogP contribution in [0.1, 0.15) is 31.1 Å². The van der Waals surface area contributed by atoms with Crippen LogP contribution in [0.15, 0.2) is 30.3 Å². The van der Waals surface area contributed by atoms with Crippen molar-refractivity contribution in [2.45, 2.75) is 32.6 Å². The van der Waals surface area contributed by atoms with E-state index in [1.165, 1.54) is 11.3 Å². The second kappa shape index (κ2) is 7.70. The van der Waals surface area contributed by atoms with Gasteiger partial charge in [-0.15, -0.1) is 11.3 Å². The van der Waals surface area contributed by atoms with Gasteiger partial charge in [-0.05, 0) is 19.3 Å². The number of hydrogen-bond donors (Lipinski definition) is 1. The fraction of sp³-hybridized carbons (Fsp3) is 0.312. The molecule has 0 aliphatic rings. The number of nitrogens with one attached hydrogen (secondary N) is 1. The number of hydrogen-bond acceptors (Lipinski definition) is 5. The largest absolute Gasteiger partial charge is 0.550 e. The first-order chi connectivity index (χ1) is 10.6. The molecule has 0 unspecified atom stereocenters. The Balaban J connectivity index is 2.05. The van der Waals surface area contributed by atoms with E-state index in [-0.39, 0.29) is 25.2 Å². The van der Waals surface area contributed by atoms with Crippen molar-refractivity contribution in [3.63, 3.8) is 0 Å². The van der Waals surface area contributed by atoms with Crippen LogP contribution in [0.2, 0.25) is 0 Å². The quantitative estimate of drug-likeness (QED) is 0.849. The second-order valence-corrected chi connectivity index (χ2v) is 5.87. The smallest absolute Gasteiger partial charge is 0.226 e. The van der Waals surface area contributed by atoms with Gasteiger partial charge in [0.1, 0.15) is 0 Å². The molecule has 1 heterocycles. The fourth-order valence-electron chi connectivity index (χ4n) is 2.04. The number of benzene rings is 1. The third kappa shape index (κ3) is 4.39. The summed E-state index contributed by atoms with van der Waals surface area (Å²) in [6, 6.07) is 9.82. The van der Waals surface area contributed by atoms with E-state index in [0.29, 0.717) is 5.13 Å². The van der Waals surface area contributed by atoms with Crippen LogP contribution in [-0.4, -0.2) is 16.9 Å². The Bertz CT molecular complexity index is 653. The lowest BCUT2D eigenvalue weighted by atomic mass is 10.1. The van der Waals surface area contributed by atoms with E-state index in [1.807, 2.05) is 37.3 Å². The Morgan fingerprint density at radius 1 is 1.23 bits per heavy atom. The summed E-state index contributed by atoms with van der Waals surface area (Å²) in [4.78, 5) is 27.7. The molecule has 2 aromatic rings. The van der Waals surface area contributed by atoms with Gasteiger partial charge in [-0.25, -0.2) is 4.98 Å². The van der Waals surface area contributed by atoms with Crippen molar-refractivity contribution in [3.8, 4) is 11.3 Å². The molecule has 22 heavy (non-hydrogen) atoms. The number of rotatable bonds is 7. The average molecular weight is 317 g/mol. The van der Waals surface area contributed by atoms with Crippen molar-refractivity contribution in [2.75, 3.05) is 5.32 Å². The second-order valence-electron chi connectivity index (χ2n) is 4.78. The molecule has 116 valence electrons. The minimum atomic E-state index is -1.14. The van der Waals surface area contributed by atoms with Gasteiger partial charge in [0, 0.05) is 22.8 Å². The molecule has 0 bridgehead atoms. The molecule has 0 spiro atoms. The topological polar surface area (TPSA) is 82.1 Å². The van der Waals surface area contributed by atoms with Gasteiger partial charge in [0.2, 0.25) is 5.91 Å². The minimum Gasteiger partial charge on any atom is -0.550 e. The predicted molar refractivity (Wildman–Crippen MR) is 84.4 cm³/mol. The van der Waals surface area contributed by atoms with Crippen LogP contribution in [0, 0.1) is 0 Å². The van der Waals surface area contributed by atoms with Crippen LogP contribution in [0.25, 0.3) is 11.3 Å². The number of nitrogens with zero attached hydrogens (tertiary/aromatic N) is 1. The zero-order valence-corrected chi connectivity index (χ0v) is 13.1. The van der Waals surface area contributed by atoms with Crippen molar-refractivity contribution in [2.24, 2.45) is 0 Å². The summed E-state index contributed by atoms with van der Waals surface area (Å²) in [5.74, 6) is -1.36. The molecule has 1 aromatic carbocycles. The molecule has 0 fully saturated rings. The fourth-order valence-corrected chi connectivity index (χ4v) is 2.98. The molecule has 0 aliphatic heterocycles. The normalized spacial score (nSPS) is 10.4. The molecule has 2 rings (SSSR count). The SMILES string of the molecule is CCc1sc(NC(=O)CCCC(=O)[O-])nc1-c1ccccc1. The number of carbonyl (C=O) groups is 2. The van der Waals surface area contributed by atoms with Gasteiger partial charge in [-0.1, -0.05) is 37.3 Å². The Morgan fingerprint density at radius 3 is 2.59 bits per heavy atom. The summed E-state index contributed by atoms with van der Waals surface area (Å²) in [5, 5.41) is 13.6. The van der Waals surface area contributed by atoms with Crippen LogP contribution in [0.3, 0.4) is 0 Å². The highest BCUT2D eigenvalue weighted by atomic mass is 32.1. The first kappa shape index (κ1) is 16.2. The first-order valence-corrected chi connectivity index (χ1v) is 7.96. The Hall–Kier alpha value is -2.21. The van der Waals surface area contributed by atoms with Crippen molar-refractivity contribution in [3.05, 3.63) is 35.2 Å². The Labute approximate surface area is 133 Å². The highest BCUT2D eigenvalue weighted by Gasteiger charge is 2.13. The van der Waals surface area contributed by atoms with Crippen LogP contribution >= 0.6 is 11.3 Å². The molecule has 0 atom stereocenters. The average Bonchev–Trinajstić information content (AvgIpc) is 2.90. The summed E-state index contributed by atoms with van der Waals surface area (Å²) in [6.07, 6.45) is 1.14. The number of amides is 1. The number of carboxylic acids is 1. The number of aryl methyl sites for hydroxylation is 1. The molecule has 0 radical (unpaired) electrons. The third-order valence-electron chi connectivity index (χ3n) is 3.10. The third-order valence-corrected chi connectivity index (χ3v) is 4.21. The van der Waals surface area contributed by atoms with Crippen LogP contribution in [-0.2, 0) is 16.0 Å². The van der Waals surface area contributed by atoms with Gasteiger partial charge < -0.3 is 15.2 Å². The molecule has 0 saturated carbocycles. The molecule has 6 heteroatoms. The van der Waals surface area contributed by atoms with Gasteiger partial charge in [-0.3, -0.25) is 4.79 Å². The van der Waals surface area contributed by atoms with E-state index in [1.54, 1.807) is 0 Å². The summed E-state index contributed by atoms with van der Waals surface area (Å²) >= 11 is 1.45. The number of aliphatic carboxylic acids is 1. The highest BCUT2D eigenvalue weighted by molar-refractivity contribution is 7.16. The lowest BCUT2D eigenvalue weighted by Crippen LogP contribution is -2.22. The first-order valence-electron chi connectivity index (χ1n) is 7.15. The minimum absolute atomic E-state index is 0.110.